The quantitative estimate of drug-likeness (QED) is 0.144. The Bertz CT molecular complexity index is 3530. The summed E-state index contributed by atoms with van der Waals surface area (Å²) in [6.07, 6.45) is 0. The van der Waals surface area contributed by atoms with E-state index in [-0.39, 0.29) is 0 Å². The van der Waals surface area contributed by atoms with Crippen molar-refractivity contribution in [3.8, 4) is 22.5 Å². The van der Waals surface area contributed by atoms with Gasteiger partial charge in [0.15, 0.2) is 0 Å². The molecule has 0 aliphatic carbocycles. The summed E-state index contributed by atoms with van der Waals surface area (Å²) in [7, 11) is 0. The summed E-state index contributed by atoms with van der Waals surface area (Å²) in [6, 6.07) is 91.7. The first-order chi connectivity index (χ1) is 31.8. The second-order valence-electron chi connectivity index (χ2n) is 16.2. The van der Waals surface area contributed by atoms with Crippen LogP contribution < -0.4 is 9.80 Å². The zero-order valence-electron chi connectivity index (χ0n) is 35.0. The van der Waals surface area contributed by atoms with Crippen LogP contribution in [0.4, 0.5) is 34.1 Å². The number of benzene rings is 10. The average molecular weight is 819 g/mol. The third-order valence-corrected chi connectivity index (χ3v) is 12.4. The number of anilines is 6. The molecule has 0 fully saturated rings. The van der Waals surface area contributed by atoms with Crippen molar-refractivity contribution in [3.63, 3.8) is 0 Å². The lowest BCUT2D eigenvalue weighted by Crippen LogP contribution is -2.09. The van der Waals surface area contributed by atoms with Crippen molar-refractivity contribution in [1.29, 1.82) is 0 Å². The minimum atomic E-state index is 1.11. The minimum Gasteiger partial charge on any atom is -0.310 e. The normalized spacial score (nSPS) is 11.4. The smallest absolute Gasteiger partial charge is 0.0542 e. The van der Waals surface area contributed by atoms with Gasteiger partial charge < -0.3 is 18.9 Å². The molecule has 2 heterocycles. The summed E-state index contributed by atoms with van der Waals surface area (Å²) in [5, 5.41) is 4.84. The minimum absolute atomic E-state index is 1.11. The Kier molecular flexibility index (Phi) is 9.12. The predicted octanol–water partition coefficient (Wildman–Crippen LogP) is 16.5. The molecular formula is C60H42N4. The Labute approximate surface area is 372 Å². The Balaban J connectivity index is 0.996. The van der Waals surface area contributed by atoms with Gasteiger partial charge in [-0.2, -0.15) is 0 Å². The van der Waals surface area contributed by atoms with Crippen LogP contribution in [0.3, 0.4) is 0 Å². The third-order valence-electron chi connectivity index (χ3n) is 12.4. The maximum atomic E-state index is 2.44. The summed E-state index contributed by atoms with van der Waals surface area (Å²) in [5.74, 6) is 0. The molecule has 4 heteroatoms. The highest BCUT2D eigenvalue weighted by atomic mass is 15.1. The van der Waals surface area contributed by atoms with E-state index in [1.807, 2.05) is 0 Å². The maximum Gasteiger partial charge on any atom is 0.0542 e. The topological polar surface area (TPSA) is 16.3 Å². The molecule has 0 bridgehead atoms. The first-order valence-electron chi connectivity index (χ1n) is 21.9. The van der Waals surface area contributed by atoms with Crippen LogP contribution in [0.5, 0.6) is 0 Å². The zero-order valence-corrected chi connectivity index (χ0v) is 35.0. The third kappa shape index (κ3) is 6.31. The van der Waals surface area contributed by atoms with Crippen LogP contribution in [0.15, 0.2) is 255 Å². The summed E-state index contributed by atoms with van der Waals surface area (Å²) >= 11 is 0. The summed E-state index contributed by atoms with van der Waals surface area (Å²) in [4.78, 5) is 4.67. The highest BCUT2D eigenvalue weighted by Gasteiger charge is 2.21. The second kappa shape index (κ2) is 15.7. The molecule has 0 unspecified atom stereocenters. The molecule has 302 valence electrons. The van der Waals surface area contributed by atoms with E-state index in [0.29, 0.717) is 0 Å². The van der Waals surface area contributed by atoms with Crippen molar-refractivity contribution in [1.82, 2.24) is 9.13 Å². The van der Waals surface area contributed by atoms with Crippen molar-refractivity contribution >= 4 is 77.7 Å². The molecule has 0 saturated heterocycles. The van der Waals surface area contributed by atoms with E-state index in [2.05, 4.69) is 274 Å². The van der Waals surface area contributed by atoms with E-state index in [4.69, 9.17) is 0 Å². The van der Waals surface area contributed by atoms with Crippen molar-refractivity contribution in [2.45, 2.75) is 0 Å². The fourth-order valence-corrected chi connectivity index (χ4v) is 9.67. The highest BCUT2D eigenvalue weighted by molar-refractivity contribution is 6.12. The summed E-state index contributed by atoms with van der Waals surface area (Å²) in [5.41, 5.74) is 15.9. The van der Waals surface area contributed by atoms with Gasteiger partial charge in [-0.25, -0.2) is 0 Å². The van der Waals surface area contributed by atoms with Gasteiger partial charge in [0, 0.05) is 66.9 Å². The van der Waals surface area contributed by atoms with Gasteiger partial charge in [-0.05, 0) is 121 Å². The molecule has 0 atom stereocenters. The lowest BCUT2D eigenvalue weighted by atomic mass is 10.0. The van der Waals surface area contributed by atoms with Crippen LogP contribution in [0.2, 0.25) is 0 Å². The SMILES string of the molecule is c1ccc(N(c2ccccc2)c2ccc3c(c2)c2ccccc2n3-c2cccc(-c3ccccc3-n3c4ccccc4c4cc(N(c5ccccc5)c5ccccc5)ccc43)c2)cc1. The van der Waals surface area contributed by atoms with E-state index in [9.17, 15) is 0 Å². The van der Waals surface area contributed by atoms with Gasteiger partial charge in [0.25, 0.3) is 0 Å². The molecule has 12 aromatic rings. The Hall–Kier alpha value is -8.60. The Morgan fingerprint density at radius 1 is 0.250 bits per heavy atom. The number of hydrogen-bond donors (Lipinski definition) is 0. The molecule has 0 N–H and O–H groups in total. The first kappa shape index (κ1) is 37.2. The van der Waals surface area contributed by atoms with Gasteiger partial charge in [0.05, 0.1) is 27.8 Å². The largest absolute Gasteiger partial charge is 0.310 e. The average Bonchev–Trinajstić information content (AvgIpc) is 3.88. The Morgan fingerprint density at radius 2 is 0.656 bits per heavy atom. The zero-order chi connectivity index (χ0) is 42.4. The molecule has 2 aromatic heterocycles. The first-order valence-corrected chi connectivity index (χ1v) is 21.9. The molecule has 64 heavy (non-hydrogen) atoms. The van der Waals surface area contributed by atoms with E-state index in [0.717, 1.165) is 67.7 Å². The van der Waals surface area contributed by atoms with Crippen molar-refractivity contribution < 1.29 is 0 Å². The van der Waals surface area contributed by atoms with Gasteiger partial charge in [-0.3, -0.25) is 0 Å². The van der Waals surface area contributed by atoms with Gasteiger partial charge >= 0.3 is 0 Å². The number of aromatic nitrogens is 2. The van der Waals surface area contributed by atoms with Crippen LogP contribution in [-0.4, -0.2) is 9.13 Å². The number of hydrogen-bond acceptors (Lipinski definition) is 2. The summed E-state index contributed by atoms with van der Waals surface area (Å²) in [6.45, 7) is 0. The molecule has 0 aliphatic rings. The number of para-hydroxylation sites is 7. The molecule has 4 nitrogen and oxygen atoms in total. The Morgan fingerprint density at radius 3 is 1.17 bits per heavy atom. The van der Waals surface area contributed by atoms with E-state index >= 15 is 0 Å². The van der Waals surface area contributed by atoms with E-state index in [1.165, 1.54) is 32.6 Å². The molecule has 0 amide bonds. The molecule has 0 saturated carbocycles. The van der Waals surface area contributed by atoms with Crippen LogP contribution in [-0.2, 0) is 0 Å². The van der Waals surface area contributed by atoms with Crippen LogP contribution in [0.1, 0.15) is 0 Å². The monoisotopic (exact) mass is 818 g/mol. The molecular weight excluding hydrogens is 777 g/mol. The number of nitrogens with zero attached hydrogens (tertiary/aromatic N) is 4. The van der Waals surface area contributed by atoms with E-state index < -0.39 is 0 Å². The number of fused-ring (bicyclic) bond motifs is 6. The van der Waals surface area contributed by atoms with Gasteiger partial charge in [-0.1, -0.05) is 140 Å². The standard InChI is InChI=1S/C60H42N4/c1-5-21-44(22-6-1)61(45-23-7-2-8-24-45)49-36-38-59-54(41-49)52-31-14-17-34-57(52)63(59)48-29-19-20-43(40-48)51-30-13-16-33-56(51)64-58-35-18-15-32-53(58)55-42-50(37-39-60(55)64)62(46-25-9-3-10-26-46)47-27-11-4-12-28-47/h1-42H. The second-order valence-corrected chi connectivity index (χ2v) is 16.2. The summed E-state index contributed by atoms with van der Waals surface area (Å²) < 4.78 is 4.86. The molecule has 0 aliphatic heterocycles. The highest BCUT2D eigenvalue weighted by Crippen LogP contribution is 2.43. The van der Waals surface area contributed by atoms with Crippen molar-refractivity contribution in [2.75, 3.05) is 9.80 Å². The van der Waals surface area contributed by atoms with Gasteiger partial charge in [-0.15, -0.1) is 0 Å². The molecule has 12 rings (SSSR count). The van der Waals surface area contributed by atoms with Gasteiger partial charge in [0.1, 0.15) is 0 Å². The van der Waals surface area contributed by atoms with Crippen LogP contribution in [0.25, 0.3) is 66.1 Å². The lowest BCUT2D eigenvalue weighted by molar-refractivity contribution is 1.17. The van der Waals surface area contributed by atoms with E-state index in [1.54, 1.807) is 0 Å². The maximum absolute atomic E-state index is 2.44. The molecule has 10 aromatic carbocycles. The van der Waals surface area contributed by atoms with Crippen LogP contribution in [0, 0.1) is 0 Å². The number of rotatable bonds is 9. The van der Waals surface area contributed by atoms with Crippen molar-refractivity contribution in [3.05, 3.63) is 255 Å². The molecule has 0 spiro atoms. The lowest BCUT2D eigenvalue weighted by Gasteiger charge is -2.25. The fraction of sp³-hybridized carbons (Fsp3) is 0. The fourth-order valence-electron chi connectivity index (χ4n) is 9.67. The van der Waals surface area contributed by atoms with Gasteiger partial charge in [0.2, 0.25) is 0 Å². The van der Waals surface area contributed by atoms with Crippen molar-refractivity contribution in [2.24, 2.45) is 0 Å². The molecule has 0 radical (unpaired) electrons. The predicted molar refractivity (Wildman–Crippen MR) is 270 cm³/mol. The van der Waals surface area contributed by atoms with Crippen LogP contribution >= 0.6 is 0 Å².